The number of halogens is 1. The lowest BCUT2D eigenvalue weighted by Crippen LogP contribution is -2.20. The Kier molecular flexibility index (Phi) is 6.58. The van der Waals surface area contributed by atoms with Crippen LogP contribution in [0.25, 0.3) is 22.2 Å². The second-order valence-corrected chi connectivity index (χ2v) is 10.5. The molecule has 1 aliphatic rings. The van der Waals surface area contributed by atoms with Gasteiger partial charge in [0, 0.05) is 20.8 Å². The number of anilines is 1. The molecule has 1 aliphatic carbocycles. The number of hydrogen-bond acceptors (Lipinski definition) is 4. The van der Waals surface area contributed by atoms with Crippen LogP contribution < -0.4 is 11.1 Å². The van der Waals surface area contributed by atoms with E-state index in [1.807, 2.05) is 36.4 Å². The fourth-order valence-electron chi connectivity index (χ4n) is 4.96. The Hall–Kier alpha value is -3.22. The van der Waals surface area contributed by atoms with Gasteiger partial charge in [0.05, 0.1) is 22.3 Å². The molecule has 2 heterocycles. The Bertz CT molecular complexity index is 1430. The minimum atomic E-state index is -0.492. The summed E-state index contributed by atoms with van der Waals surface area (Å²) in [6.07, 6.45) is 5.11. The summed E-state index contributed by atoms with van der Waals surface area (Å²) in [4.78, 5) is 32.0. The summed E-state index contributed by atoms with van der Waals surface area (Å²) in [5.41, 5.74) is 10.0. The molecule has 0 bridgehead atoms. The van der Waals surface area contributed by atoms with Crippen molar-refractivity contribution in [2.45, 2.75) is 39.0 Å². The van der Waals surface area contributed by atoms with E-state index < -0.39 is 5.91 Å². The predicted octanol–water partition coefficient (Wildman–Crippen LogP) is 6.87. The largest absolute Gasteiger partial charge is 0.365 e. The van der Waals surface area contributed by atoms with E-state index in [2.05, 4.69) is 12.2 Å². The van der Waals surface area contributed by atoms with Gasteiger partial charge in [-0.05, 0) is 55.0 Å². The SMILES string of the molecule is CCCC1CCc2c(sc(NC(=O)c3cc(-c4ccc(Cl)cc4)nc4ccccc34)c2C(N)=O)C1. The number of thiophene rings is 1. The number of fused-ring (bicyclic) bond motifs is 2. The van der Waals surface area contributed by atoms with Gasteiger partial charge in [0.15, 0.2) is 0 Å². The minimum absolute atomic E-state index is 0.287. The zero-order chi connectivity index (χ0) is 24.5. The lowest BCUT2D eigenvalue weighted by atomic mass is 9.84. The summed E-state index contributed by atoms with van der Waals surface area (Å²) in [5.74, 6) is -0.167. The third-order valence-corrected chi connectivity index (χ3v) is 8.06. The Morgan fingerprint density at radius 1 is 1.17 bits per heavy atom. The highest BCUT2D eigenvalue weighted by Crippen LogP contribution is 2.41. The summed E-state index contributed by atoms with van der Waals surface area (Å²) in [7, 11) is 0. The van der Waals surface area contributed by atoms with Crippen LogP contribution in [0.15, 0.2) is 54.6 Å². The van der Waals surface area contributed by atoms with Gasteiger partial charge in [0.2, 0.25) is 0 Å². The Balaban J connectivity index is 1.54. The van der Waals surface area contributed by atoms with Crippen molar-refractivity contribution in [3.63, 3.8) is 0 Å². The monoisotopic (exact) mass is 503 g/mol. The van der Waals surface area contributed by atoms with Crippen LogP contribution in [0, 0.1) is 5.92 Å². The van der Waals surface area contributed by atoms with Gasteiger partial charge in [-0.2, -0.15) is 0 Å². The minimum Gasteiger partial charge on any atom is -0.365 e. The lowest BCUT2D eigenvalue weighted by molar-refractivity contribution is 0.1000. The fourth-order valence-corrected chi connectivity index (χ4v) is 6.45. The van der Waals surface area contributed by atoms with Gasteiger partial charge in [-0.25, -0.2) is 4.98 Å². The molecule has 35 heavy (non-hydrogen) atoms. The first kappa shape index (κ1) is 23.5. The number of benzene rings is 2. The summed E-state index contributed by atoms with van der Waals surface area (Å²) in [6.45, 7) is 2.20. The van der Waals surface area contributed by atoms with Gasteiger partial charge < -0.3 is 11.1 Å². The molecule has 7 heteroatoms. The Labute approximate surface area is 213 Å². The first-order valence-corrected chi connectivity index (χ1v) is 13.1. The average molecular weight is 504 g/mol. The van der Waals surface area contributed by atoms with Gasteiger partial charge >= 0.3 is 0 Å². The van der Waals surface area contributed by atoms with Crippen molar-refractivity contribution in [2.24, 2.45) is 11.7 Å². The van der Waals surface area contributed by atoms with E-state index in [0.717, 1.165) is 42.2 Å². The zero-order valence-corrected chi connectivity index (χ0v) is 21.0. The number of nitrogens with two attached hydrogens (primary N) is 1. The summed E-state index contributed by atoms with van der Waals surface area (Å²) < 4.78 is 0. The van der Waals surface area contributed by atoms with E-state index in [1.54, 1.807) is 18.2 Å². The number of amides is 2. The molecule has 1 atom stereocenters. The maximum Gasteiger partial charge on any atom is 0.257 e. The first-order chi connectivity index (χ1) is 16.9. The number of primary amides is 1. The molecule has 5 nitrogen and oxygen atoms in total. The van der Waals surface area contributed by atoms with Gasteiger partial charge in [0.25, 0.3) is 11.8 Å². The number of nitrogens with zero attached hydrogens (tertiary/aromatic N) is 1. The summed E-state index contributed by atoms with van der Waals surface area (Å²) in [6, 6.07) is 16.7. The van der Waals surface area contributed by atoms with Crippen LogP contribution in [-0.2, 0) is 12.8 Å². The highest BCUT2D eigenvalue weighted by atomic mass is 35.5. The number of rotatable bonds is 6. The van der Waals surface area contributed by atoms with Gasteiger partial charge in [-0.15, -0.1) is 11.3 Å². The van der Waals surface area contributed by atoms with E-state index in [4.69, 9.17) is 22.3 Å². The predicted molar refractivity (Wildman–Crippen MR) is 143 cm³/mol. The second-order valence-electron chi connectivity index (χ2n) is 9.00. The molecule has 4 aromatic rings. The molecule has 0 saturated carbocycles. The molecule has 178 valence electrons. The third kappa shape index (κ3) is 4.68. The zero-order valence-electron chi connectivity index (χ0n) is 19.4. The number of carbonyl (C=O) groups excluding carboxylic acids is 2. The number of para-hydroxylation sites is 1. The molecule has 0 fully saturated rings. The van der Waals surface area contributed by atoms with E-state index in [-0.39, 0.29) is 5.91 Å². The van der Waals surface area contributed by atoms with E-state index in [9.17, 15) is 9.59 Å². The molecule has 0 aliphatic heterocycles. The number of aromatic nitrogens is 1. The molecule has 2 aromatic carbocycles. The summed E-state index contributed by atoms with van der Waals surface area (Å²) >= 11 is 7.54. The number of pyridine rings is 1. The fraction of sp³-hybridized carbons (Fsp3) is 0.250. The lowest BCUT2D eigenvalue weighted by Gasteiger charge is -2.21. The van der Waals surface area contributed by atoms with Gasteiger partial charge in [-0.3, -0.25) is 9.59 Å². The van der Waals surface area contributed by atoms with Crippen molar-refractivity contribution >= 4 is 50.7 Å². The quantitative estimate of drug-likeness (QED) is 0.301. The maximum atomic E-state index is 13.6. The number of carbonyl (C=O) groups is 2. The average Bonchev–Trinajstić information content (AvgIpc) is 3.21. The highest BCUT2D eigenvalue weighted by Gasteiger charge is 2.29. The van der Waals surface area contributed by atoms with Crippen LogP contribution in [0.3, 0.4) is 0 Å². The van der Waals surface area contributed by atoms with Crippen molar-refractivity contribution in [1.82, 2.24) is 4.98 Å². The first-order valence-electron chi connectivity index (χ1n) is 11.9. The number of hydrogen-bond donors (Lipinski definition) is 2. The number of nitrogens with one attached hydrogen (secondary N) is 1. The van der Waals surface area contributed by atoms with E-state index >= 15 is 0 Å². The molecule has 0 radical (unpaired) electrons. The van der Waals surface area contributed by atoms with Crippen LogP contribution >= 0.6 is 22.9 Å². The molecule has 2 amide bonds. The topological polar surface area (TPSA) is 85.1 Å². The van der Waals surface area contributed by atoms with Crippen LogP contribution in [0.2, 0.25) is 5.02 Å². The van der Waals surface area contributed by atoms with Crippen molar-refractivity contribution in [3.05, 3.63) is 81.2 Å². The molecule has 3 N–H and O–H groups in total. The molecule has 2 aromatic heterocycles. The smallest absolute Gasteiger partial charge is 0.257 e. The maximum absolute atomic E-state index is 13.6. The van der Waals surface area contributed by atoms with Crippen LogP contribution in [0.4, 0.5) is 5.00 Å². The normalized spacial score (nSPS) is 15.1. The van der Waals surface area contributed by atoms with E-state index in [0.29, 0.717) is 38.3 Å². The van der Waals surface area contributed by atoms with Crippen molar-refractivity contribution in [1.29, 1.82) is 0 Å². The van der Waals surface area contributed by atoms with Crippen molar-refractivity contribution in [2.75, 3.05) is 5.32 Å². The van der Waals surface area contributed by atoms with Crippen LogP contribution in [0.5, 0.6) is 0 Å². The second kappa shape index (κ2) is 9.80. The van der Waals surface area contributed by atoms with E-state index in [1.165, 1.54) is 22.6 Å². The molecule has 1 unspecified atom stereocenters. The van der Waals surface area contributed by atoms with Gasteiger partial charge in [-0.1, -0.05) is 61.7 Å². The molecular weight excluding hydrogens is 478 g/mol. The molecular formula is C28H26ClN3O2S. The van der Waals surface area contributed by atoms with Crippen molar-refractivity contribution < 1.29 is 9.59 Å². The molecule has 5 rings (SSSR count). The Morgan fingerprint density at radius 2 is 1.94 bits per heavy atom. The van der Waals surface area contributed by atoms with Crippen molar-refractivity contribution in [3.8, 4) is 11.3 Å². The molecule has 0 spiro atoms. The highest BCUT2D eigenvalue weighted by molar-refractivity contribution is 7.17. The molecule has 0 saturated heterocycles. The standard InChI is InChI=1S/C28H26ClN3O2S/c1-2-5-16-8-13-20-24(14-16)35-28(25(20)26(30)33)32-27(34)21-15-23(17-9-11-18(29)12-10-17)31-22-7-4-3-6-19(21)22/h3-4,6-7,9-12,15-16H,2,5,8,13-14H2,1H3,(H2,30,33)(H,32,34). The Morgan fingerprint density at radius 3 is 2.69 bits per heavy atom. The third-order valence-electron chi connectivity index (χ3n) is 6.64. The van der Waals surface area contributed by atoms with Crippen LogP contribution in [-0.4, -0.2) is 16.8 Å². The van der Waals surface area contributed by atoms with Gasteiger partial charge in [0.1, 0.15) is 5.00 Å². The van der Waals surface area contributed by atoms with Crippen LogP contribution in [0.1, 0.15) is 57.3 Å². The summed E-state index contributed by atoms with van der Waals surface area (Å²) in [5, 5.41) is 4.94.